The molecule has 0 saturated heterocycles. The van der Waals surface area contributed by atoms with Gasteiger partial charge in [-0.25, -0.2) is 13.6 Å². The van der Waals surface area contributed by atoms with Crippen LogP contribution in [0.5, 0.6) is 5.75 Å². The zero-order valence-electron chi connectivity index (χ0n) is 16.9. The number of fused-ring (bicyclic) bond motifs is 1. The van der Waals surface area contributed by atoms with Gasteiger partial charge in [-0.2, -0.15) is 0 Å². The molecule has 1 aliphatic rings. The maximum absolute atomic E-state index is 13.0. The Morgan fingerprint density at radius 2 is 1.90 bits per heavy atom. The summed E-state index contributed by atoms with van der Waals surface area (Å²) in [6, 6.07) is 7.93. The molecule has 0 bridgehead atoms. The number of rotatable bonds is 5. The van der Waals surface area contributed by atoms with E-state index in [0.29, 0.717) is 22.1 Å². The van der Waals surface area contributed by atoms with Crippen LogP contribution in [0.2, 0.25) is 5.02 Å². The molecule has 2 aromatic carbocycles. The zero-order chi connectivity index (χ0) is 21.8. The monoisotopic (exact) mass is 447 g/mol. The SMILES string of the molecule is Cc1cc([C@@H](C)Oc2ccc(Cl)cc2S(N)(=O)=O)c2oc(C3CC3)c(C)c(=O)c2c1. The smallest absolute Gasteiger partial charge is 0.241 e. The molecule has 2 N–H and O–H groups in total. The van der Waals surface area contributed by atoms with Crippen molar-refractivity contribution >= 4 is 32.6 Å². The predicted octanol–water partition coefficient (Wildman–Crippen LogP) is 4.73. The molecule has 158 valence electrons. The summed E-state index contributed by atoms with van der Waals surface area (Å²) in [6.07, 6.45) is 1.41. The highest BCUT2D eigenvalue weighted by Crippen LogP contribution is 2.42. The summed E-state index contributed by atoms with van der Waals surface area (Å²) in [5.41, 5.74) is 2.61. The molecule has 1 aliphatic carbocycles. The van der Waals surface area contributed by atoms with Crippen molar-refractivity contribution in [2.24, 2.45) is 5.14 Å². The van der Waals surface area contributed by atoms with Crippen molar-refractivity contribution in [3.05, 3.63) is 68.0 Å². The number of nitrogens with two attached hydrogens (primary N) is 1. The van der Waals surface area contributed by atoms with E-state index >= 15 is 0 Å². The Labute approximate surface area is 179 Å². The minimum absolute atomic E-state index is 0.0491. The summed E-state index contributed by atoms with van der Waals surface area (Å²) in [4.78, 5) is 12.8. The molecule has 0 aliphatic heterocycles. The van der Waals surface area contributed by atoms with Gasteiger partial charge in [0.25, 0.3) is 0 Å². The Kier molecular flexibility index (Phi) is 5.16. The normalized spacial score (nSPS) is 15.4. The average molecular weight is 448 g/mol. The lowest BCUT2D eigenvalue weighted by molar-refractivity contribution is 0.220. The second-order valence-corrected chi connectivity index (χ2v) is 9.79. The lowest BCUT2D eigenvalue weighted by Crippen LogP contribution is -2.16. The van der Waals surface area contributed by atoms with Crippen LogP contribution in [0.1, 0.15) is 54.2 Å². The van der Waals surface area contributed by atoms with Crippen LogP contribution in [-0.4, -0.2) is 8.42 Å². The Morgan fingerprint density at radius 3 is 2.53 bits per heavy atom. The van der Waals surface area contributed by atoms with Crippen LogP contribution in [0.3, 0.4) is 0 Å². The van der Waals surface area contributed by atoms with E-state index in [1.165, 1.54) is 18.2 Å². The van der Waals surface area contributed by atoms with Crippen molar-refractivity contribution in [2.45, 2.75) is 50.5 Å². The van der Waals surface area contributed by atoms with Gasteiger partial charge in [0.1, 0.15) is 28.1 Å². The van der Waals surface area contributed by atoms with Crippen LogP contribution in [0.15, 0.2) is 44.4 Å². The predicted molar refractivity (Wildman–Crippen MR) is 116 cm³/mol. The first-order valence-corrected chi connectivity index (χ1v) is 11.6. The van der Waals surface area contributed by atoms with E-state index in [0.717, 1.165) is 24.2 Å². The van der Waals surface area contributed by atoms with Crippen molar-refractivity contribution in [2.75, 3.05) is 0 Å². The second kappa shape index (κ2) is 7.41. The molecule has 8 heteroatoms. The highest BCUT2D eigenvalue weighted by molar-refractivity contribution is 7.89. The Balaban J connectivity index is 1.85. The Hall–Kier alpha value is -2.35. The first kappa shape index (κ1) is 20.9. The average Bonchev–Trinajstić information content (AvgIpc) is 3.50. The van der Waals surface area contributed by atoms with E-state index in [1.54, 1.807) is 19.9 Å². The van der Waals surface area contributed by atoms with E-state index in [1.807, 2.05) is 13.0 Å². The first-order chi connectivity index (χ1) is 14.1. The highest BCUT2D eigenvalue weighted by atomic mass is 35.5. The van der Waals surface area contributed by atoms with Crippen molar-refractivity contribution < 1.29 is 17.6 Å². The maximum Gasteiger partial charge on any atom is 0.241 e. The number of aryl methyl sites for hydroxylation is 1. The van der Waals surface area contributed by atoms with Crippen LogP contribution in [-0.2, 0) is 10.0 Å². The summed E-state index contributed by atoms with van der Waals surface area (Å²) >= 11 is 5.94. The van der Waals surface area contributed by atoms with Gasteiger partial charge >= 0.3 is 0 Å². The van der Waals surface area contributed by atoms with E-state index in [9.17, 15) is 13.2 Å². The van der Waals surface area contributed by atoms with E-state index < -0.39 is 16.1 Å². The number of sulfonamides is 1. The highest BCUT2D eigenvalue weighted by Gasteiger charge is 2.30. The second-order valence-electron chi connectivity index (χ2n) is 7.82. The van der Waals surface area contributed by atoms with Gasteiger partial charge in [-0.15, -0.1) is 0 Å². The number of hydrogen-bond donors (Lipinski definition) is 1. The standard InChI is InChI=1S/C22H22ClNO5S/c1-11-8-16(13(3)28-18-7-6-15(23)10-19(18)30(24,26)27)22-17(9-11)20(25)12(2)21(29-22)14-4-5-14/h6-10,13-14H,4-5H2,1-3H3,(H2,24,26,27)/t13-/m1/s1. The fourth-order valence-electron chi connectivity index (χ4n) is 3.68. The van der Waals surface area contributed by atoms with Gasteiger partial charge in [-0.1, -0.05) is 11.6 Å². The molecule has 4 rings (SSSR count). The molecule has 6 nitrogen and oxygen atoms in total. The number of benzene rings is 2. The third-order valence-corrected chi connectivity index (χ3v) is 6.50. The molecule has 3 aromatic rings. The van der Waals surface area contributed by atoms with Gasteiger partial charge < -0.3 is 9.15 Å². The molecule has 30 heavy (non-hydrogen) atoms. The molecule has 1 heterocycles. The van der Waals surface area contributed by atoms with Crippen molar-refractivity contribution in [1.29, 1.82) is 0 Å². The molecular formula is C22H22ClNO5S. The summed E-state index contributed by atoms with van der Waals surface area (Å²) in [5, 5.41) is 6.05. The lowest BCUT2D eigenvalue weighted by Gasteiger charge is -2.19. The fraction of sp³-hybridized carbons (Fsp3) is 0.318. The largest absolute Gasteiger partial charge is 0.484 e. The van der Waals surface area contributed by atoms with Gasteiger partial charge in [0.05, 0.1) is 5.39 Å². The lowest BCUT2D eigenvalue weighted by atomic mass is 10.0. The third-order valence-electron chi connectivity index (χ3n) is 5.33. The summed E-state index contributed by atoms with van der Waals surface area (Å²) in [6.45, 7) is 5.46. The van der Waals surface area contributed by atoms with Crippen LogP contribution in [0.25, 0.3) is 11.0 Å². The third kappa shape index (κ3) is 3.85. The molecule has 0 spiro atoms. The van der Waals surface area contributed by atoms with Gasteiger partial charge in [-0.05, 0) is 69.5 Å². The maximum atomic E-state index is 13.0. The van der Waals surface area contributed by atoms with Crippen LogP contribution < -0.4 is 15.3 Å². The molecule has 1 fully saturated rings. The molecule has 1 aromatic heterocycles. The fourth-order valence-corrected chi connectivity index (χ4v) is 4.60. The van der Waals surface area contributed by atoms with Crippen LogP contribution in [0.4, 0.5) is 0 Å². The molecule has 0 amide bonds. The van der Waals surface area contributed by atoms with E-state index in [2.05, 4.69) is 0 Å². The van der Waals surface area contributed by atoms with Crippen LogP contribution >= 0.6 is 11.6 Å². The summed E-state index contributed by atoms with van der Waals surface area (Å²) < 4.78 is 36.2. The van der Waals surface area contributed by atoms with Gasteiger partial charge in [0.2, 0.25) is 10.0 Å². The number of ether oxygens (including phenoxy) is 1. The van der Waals surface area contributed by atoms with Crippen molar-refractivity contribution in [1.82, 2.24) is 0 Å². The van der Waals surface area contributed by atoms with Crippen molar-refractivity contribution in [3.8, 4) is 5.75 Å². The van der Waals surface area contributed by atoms with Crippen molar-refractivity contribution in [3.63, 3.8) is 0 Å². The van der Waals surface area contributed by atoms with E-state index in [4.69, 9.17) is 25.9 Å². The van der Waals surface area contributed by atoms with Gasteiger partial charge in [0, 0.05) is 22.1 Å². The number of hydrogen-bond acceptors (Lipinski definition) is 5. The number of halogens is 1. The molecule has 1 saturated carbocycles. The number of primary sulfonamides is 1. The minimum atomic E-state index is -4.04. The molecule has 1 atom stereocenters. The molecular weight excluding hydrogens is 426 g/mol. The van der Waals surface area contributed by atoms with Crippen LogP contribution in [0, 0.1) is 13.8 Å². The van der Waals surface area contributed by atoms with Gasteiger partial charge in [0.15, 0.2) is 5.43 Å². The Bertz CT molecular complexity index is 1330. The zero-order valence-corrected chi connectivity index (χ0v) is 18.4. The minimum Gasteiger partial charge on any atom is -0.484 e. The first-order valence-electron chi connectivity index (χ1n) is 9.63. The topological polar surface area (TPSA) is 99.6 Å². The molecule has 0 unspecified atom stereocenters. The quantitative estimate of drug-likeness (QED) is 0.609. The summed E-state index contributed by atoms with van der Waals surface area (Å²) in [5.74, 6) is 1.08. The Morgan fingerprint density at radius 1 is 1.20 bits per heavy atom. The van der Waals surface area contributed by atoms with Gasteiger partial charge in [-0.3, -0.25) is 4.79 Å². The summed E-state index contributed by atoms with van der Waals surface area (Å²) in [7, 11) is -4.04. The van der Waals surface area contributed by atoms with E-state index in [-0.39, 0.29) is 27.0 Å². The molecule has 0 radical (unpaired) electrons.